The van der Waals surface area contributed by atoms with E-state index in [0.29, 0.717) is 6.54 Å². The number of hydrogen-bond donors (Lipinski definition) is 1. The molecule has 0 saturated carbocycles. The van der Waals surface area contributed by atoms with Crippen LogP contribution in [0.5, 0.6) is 0 Å². The predicted octanol–water partition coefficient (Wildman–Crippen LogP) is 0.318. The second kappa shape index (κ2) is 6.56. The van der Waals surface area contributed by atoms with Crippen LogP contribution >= 0.6 is 0 Å². The van der Waals surface area contributed by atoms with Crippen molar-refractivity contribution in [3.8, 4) is 0 Å². The highest BCUT2D eigenvalue weighted by Gasteiger charge is 2.42. The first-order valence-corrected chi connectivity index (χ1v) is 7.60. The van der Waals surface area contributed by atoms with Crippen molar-refractivity contribution in [2.75, 3.05) is 39.8 Å². The maximum Gasteiger partial charge on any atom is 0.249 e. The summed E-state index contributed by atoms with van der Waals surface area (Å²) in [6.45, 7) is 4.69. The Balaban J connectivity index is 1.68. The fourth-order valence-corrected chi connectivity index (χ4v) is 3.18. The summed E-state index contributed by atoms with van der Waals surface area (Å²) in [6, 6.07) is 10.4. The van der Waals surface area contributed by atoms with Gasteiger partial charge in [0.15, 0.2) is 0 Å². The zero-order valence-corrected chi connectivity index (χ0v) is 12.5. The van der Waals surface area contributed by atoms with Crippen molar-refractivity contribution in [1.29, 1.82) is 0 Å². The van der Waals surface area contributed by atoms with Gasteiger partial charge in [0.05, 0.1) is 12.1 Å². The van der Waals surface area contributed by atoms with Gasteiger partial charge in [-0.3, -0.25) is 9.69 Å². The molecule has 2 saturated heterocycles. The van der Waals surface area contributed by atoms with E-state index in [1.165, 1.54) is 5.56 Å². The second-order valence-electron chi connectivity index (χ2n) is 5.79. The lowest BCUT2D eigenvalue weighted by Gasteiger charge is -2.36. The van der Waals surface area contributed by atoms with Crippen LogP contribution in [0.1, 0.15) is 5.56 Å². The van der Waals surface area contributed by atoms with Gasteiger partial charge in [-0.2, -0.15) is 0 Å². The minimum atomic E-state index is 0.107. The van der Waals surface area contributed by atoms with Crippen LogP contribution in [0.4, 0.5) is 0 Å². The van der Waals surface area contributed by atoms with E-state index in [4.69, 9.17) is 4.74 Å². The summed E-state index contributed by atoms with van der Waals surface area (Å²) in [4.78, 5) is 16.6. The SMILES string of the molecule is CNCCN1C[C@@H]2[C@@H](C1)OCC(=O)N2Cc1ccccc1. The van der Waals surface area contributed by atoms with E-state index in [9.17, 15) is 4.79 Å². The molecule has 0 spiro atoms. The molecule has 0 unspecified atom stereocenters. The highest BCUT2D eigenvalue weighted by atomic mass is 16.5. The Labute approximate surface area is 125 Å². The first-order chi connectivity index (χ1) is 10.3. The van der Waals surface area contributed by atoms with Crippen molar-refractivity contribution >= 4 is 5.91 Å². The lowest BCUT2D eigenvalue weighted by Crippen LogP contribution is -2.53. The third-order valence-corrected chi connectivity index (χ3v) is 4.33. The smallest absolute Gasteiger partial charge is 0.249 e. The van der Waals surface area contributed by atoms with Gasteiger partial charge in [0.25, 0.3) is 0 Å². The van der Waals surface area contributed by atoms with Crippen LogP contribution in [-0.4, -0.2) is 67.7 Å². The summed E-state index contributed by atoms with van der Waals surface area (Å²) in [5.74, 6) is 0.107. The van der Waals surface area contributed by atoms with E-state index in [0.717, 1.165) is 26.2 Å². The van der Waals surface area contributed by atoms with Crippen LogP contribution in [0, 0.1) is 0 Å². The van der Waals surface area contributed by atoms with Gasteiger partial charge < -0.3 is 15.0 Å². The molecule has 2 aliphatic rings. The van der Waals surface area contributed by atoms with Crippen LogP contribution in [0.15, 0.2) is 30.3 Å². The van der Waals surface area contributed by atoms with Crippen LogP contribution in [0.25, 0.3) is 0 Å². The molecular formula is C16H23N3O2. The third kappa shape index (κ3) is 3.26. The summed E-state index contributed by atoms with van der Waals surface area (Å²) in [6.07, 6.45) is 0.156. The van der Waals surface area contributed by atoms with E-state index in [1.54, 1.807) is 0 Å². The standard InChI is InChI=1S/C16H23N3O2/c1-17-7-8-18-10-14-15(11-18)21-12-16(20)19(14)9-13-5-3-2-4-6-13/h2-6,14-15,17H,7-12H2,1H3/t14-,15-/m1/s1. The molecule has 1 amide bonds. The largest absolute Gasteiger partial charge is 0.365 e. The molecule has 3 rings (SSSR count). The van der Waals surface area contributed by atoms with Crippen molar-refractivity contribution < 1.29 is 9.53 Å². The summed E-state index contributed by atoms with van der Waals surface area (Å²) in [5, 5.41) is 3.17. The Hall–Kier alpha value is -1.43. The minimum absolute atomic E-state index is 0.107. The van der Waals surface area contributed by atoms with Crippen molar-refractivity contribution in [2.24, 2.45) is 0 Å². The third-order valence-electron chi connectivity index (χ3n) is 4.33. The van der Waals surface area contributed by atoms with Gasteiger partial charge >= 0.3 is 0 Å². The Kier molecular flexibility index (Phi) is 4.53. The van der Waals surface area contributed by atoms with Crippen molar-refractivity contribution in [1.82, 2.24) is 15.1 Å². The van der Waals surface area contributed by atoms with Crippen LogP contribution < -0.4 is 5.32 Å². The van der Waals surface area contributed by atoms with Gasteiger partial charge in [0.2, 0.25) is 5.91 Å². The van der Waals surface area contributed by atoms with E-state index in [1.807, 2.05) is 30.1 Å². The summed E-state index contributed by atoms with van der Waals surface area (Å²) in [5.41, 5.74) is 1.18. The molecule has 1 N–H and O–H groups in total. The van der Waals surface area contributed by atoms with Crippen LogP contribution in [0.3, 0.4) is 0 Å². The molecule has 21 heavy (non-hydrogen) atoms. The lowest BCUT2D eigenvalue weighted by atomic mass is 10.1. The average molecular weight is 289 g/mol. The van der Waals surface area contributed by atoms with Gasteiger partial charge in [0.1, 0.15) is 6.61 Å². The quantitative estimate of drug-likeness (QED) is 0.848. The summed E-state index contributed by atoms with van der Waals surface area (Å²) >= 11 is 0. The first-order valence-electron chi connectivity index (χ1n) is 7.60. The molecule has 0 radical (unpaired) electrons. The lowest BCUT2D eigenvalue weighted by molar-refractivity contribution is -0.153. The molecule has 2 atom stereocenters. The normalized spacial score (nSPS) is 26.1. The molecule has 0 aromatic heterocycles. The monoisotopic (exact) mass is 289 g/mol. The van der Waals surface area contributed by atoms with Crippen molar-refractivity contribution in [3.05, 3.63) is 35.9 Å². The molecule has 2 aliphatic heterocycles. The van der Waals surface area contributed by atoms with Gasteiger partial charge in [0, 0.05) is 32.7 Å². The van der Waals surface area contributed by atoms with E-state index < -0.39 is 0 Å². The van der Waals surface area contributed by atoms with Gasteiger partial charge in [-0.15, -0.1) is 0 Å². The molecule has 0 aliphatic carbocycles. The Bertz CT molecular complexity index is 480. The van der Waals surface area contributed by atoms with E-state index in [-0.39, 0.29) is 24.7 Å². The molecule has 114 valence electrons. The van der Waals surface area contributed by atoms with E-state index in [2.05, 4.69) is 22.3 Å². The number of benzene rings is 1. The number of ether oxygens (including phenoxy) is 1. The number of nitrogens with zero attached hydrogens (tertiary/aromatic N) is 2. The minimum Gasteiger partial charge on any atom is -0.365 e. The number of fused-ring (bicyclic) bond motifs is 1. The number of hydrogen-bond acceptors (Lipinski definition) is 4. The molecule has 2 fully saturated rings. The topological polar surface area (TPSA) is 44.8 Å². The zero-order chi connectivity index (χ0) is 14.7. The number of morpholine rings is 1. The van der Waals surface area contributed by atoms with Crippen molar-refractivity contribution in [3.63, 3.8) is 0 Å². The van der Waals surface area contributed by atoms with Gasteiger partial charge in [-0.05, 0) is 12.6 Å². The fourth-order valence-electron chi connectivity index (χ4n) is 3.18. The maximum absolute atomic E-state index is 12.2. The summed E-state index contributed by atoms with van der Waals surface area (Å²) in [7, 11) is 1.96. The fraction of sp³-hybridized carbons (Fsp3) is 0.562. The average Bonchev–Trinajstić information content (AvgIpc) is 2.92. The van der Waals surface area contributed by atoms with Gasteiger partial charge in [-0.1, -0.05) is 30.3 Å². The highest BCUT2D eigenvalue weighted by Crippen LogP contribution is 2.24. The highest BCUT2D eigenvalue weighted by molar-refractivity contribution is 5.78. The zero-order valence-electron chi connectivity index (χ0n) is 12.5. The molecular weight excluding hydrogens is 266 g/mol. The van der Waals surface area contributed by atoms with Gasteiger partial charge in [-0.25, -0.2) is 0 Å². The molecule has 5 heteroatoms. The number of rotatable bonds is 5. The van der Waals surface area contributed by atoms with Crippen molar-refractivity contribution in [2.45, 2.75) is 18.7 Å². The molecule has 1 aromatic carbocycles. The number of carbonyl (C=O) groups is 1. The number of carbonyl (C=O) groups excluding carboxylic acids is 1. The summed E-state index contributed by atoms with van der Waals surface area (Å²) < 4.78 is 5.74. The predicted molar refractivity (Wildman–Crippen MR) is 80.9 cm³/mol. The number of likely N-dealkylation sites (tertiary alicyclic amines) is 1. The number of likely N-dealkylation sites (N-methyl/N-ethyl adjacent to an activating group) is 1. The Morgan fingerprint density at radius 1 is 1.29 bits per heavy atom. The van der Waals surface area contributed by atoms with Crippen LogP contribution in [-0.2, 0) is 16.1 Å². The molecule has 5 nitrogen and oxygen atoms in total. The Morgan fingerprint density at radius 3 is 2.86 bits per heavy atom. The van der Waals surface area contributed by atoms with E-state index >= 15 is 0 Å². The number of nitrogens with one attached hydrogen (secondary N) is 1. The molecule has 2 heterocycles. The van der Waals surface area contributed by atoms with Crippen LogP contribution in [0.2, 0.25) is 0 Å². The second-order valence-corrected chi connectivity index (χ2v) is 5.79. The number of amides is 1. The molecule has 0 bridgehead atoms. The maximum atomic E-state index is 12.2. The Morgan fingerprint density at radius 2 is 2.10 bits per heavy atom. The first kappa shape index (κ1) is 14.5. The molecule has 1 aromatic rings.